The van der Waals surface area contributed by atoms with Gasteiger partial charge in [0.1, 0.15) is 16.1 Å². The number of pyridine rings is 1. The van der Waals surface area contributed by atoms with Crippen molar-refractivity contribution in [2.24, 2.45) is 0 Å². The maximum atomic E-state index is 12.6. The molecule has 158 valence electrons. The summed E-state index contributed by atoms with van der Waals surface area (Å²) in [6, 6.07) is 4.07. The average molecular weight is 444 g/mol. The molecule has 1 aliphatic carbocycles. The summed E-state index contributed by atoms with van der Waals surface area (Å²) in [5, 5.41) is 13.5. The first-order chi connectivity index (χ1) is 14.4. The molecular weight excluding hydrogens is 418 g/mol. The van der Waals surface area contributed by atoms with E-state index in [2.05, 4.69) is 16.4 Å². The quantitative estimate of drug-likeness (QED) is 0.391. The topological polar surface area (TPSA) is 92.1 Å². The van der Waals surface area contributed by atoms with Crippen LogP contribution in [0.5, 0.6) is 0 Å². The third kappa shape index (κ3) is 5.02. The largest absolute Gasteiger partial charge is 0.465 e. The minimum Gasteiger partial charge on any atom is -0.465 e. The lowest BCUT2D eigenvalue weighted by atomic mass is 10.1. The van der Waals surface area contributed by atoms with Gasteiger partial charge in [0.15, 0.2) is 0 Å². The molecule has 3 rings (SSSR count). The smallest absolute Gasteiger partial charge is 0.341 e. The monoisotopic (exact) mass is 443 g/mol. The van der Waals surface area contributed by atoms with Crippen LogP contribution in [0.4, 0.5) is 5.00 Å². The van der Waals surface area contributed by atoms with Gasteiger partial charge in [-0.1, -0.05) is 6.42 Å². The highest BCUT2D eigenvalue weighted by Crippen LogP contribution is 2.38. The Morgan fingerprint density at radius 2 is 2.07 bits per heavy atom. The third-order valence-corrected chi connectivity index (χ3v) is 7.24. The van der Waals surface area contributed by atoms with Crippen molar-refractivity contribution < 1.29 is 14.3 Å². The molecular formula is C22H25N3O3S2. The summed E-state index contributed by atoms with van der Waals surface area (Å²) in [5.74, 6) is -0.0566. The fourth-order valence-corrected chi connectivity index (χ4v) is 5.96. The van der Waals surface area contributed by atoms with Crippen molar-refractivity contribution in [3.05, 3.63) is 38.9 Å². The van der Waals surface area contributed by atoms with E-state index in [1.165, 1.54) is 35.1 Å². The number of rotatable bonds is 6. The molecule has 0 radical (unpaired) electrons. The van der Waals surface area contributed by atoms with Gasteiger partial charge < -0.3 is 10.1 Å². The van der Waals surface area contributed by atoms with Crippen LogP contribution in [0.3, 0.4) is 0 Å². The summed E-state index contributed by atoms with van der Waals surface area (Å²) in [6.07, 6.45) is 5.33. The van der Waals surface area contributed by atoms with E-state index < -0.39 is 5.97 Å². The number of thiophene rings is 1. The second kappa shape index (κ2) is 10.1. The first kappa shape index (κ1) is 22.3. The highest BCUT2D eigenvalue weighted by molar-refractivity contribution is 7.99. The fraction of sp³-hybridized carbons (Fsp3) is 0.455. The van der Waals surface area contributed by atoms with E-state index in [-0.39, 0.29) is 12.3 Å². The molecule has 0 atom stereocenters. The molecule has 0 unspecified atom stereocenters. The number of amides is 1. The highest BCUT2D eigenvalue weighted by atomic mass is 32.2. The molecule has 8 heteroatoms. The van der Waals surface area contributed by atoms with Crippen LogP contribution >= 0.6 is 23.1 Å². The lowest BCUT2D eigenvalue weighted by Crippen LogP contribution is -2.15. The molecule has 0 spiro atoms. The Hall–Kier alpha value is -2.37. The number of fused-ring (bicyclic) bond motifs is 1. The maximum absolute atomic E-state index is 12.6. The number of hydrogen-bond donors (Lipinski definition) is 1. The molecule has 0 saturated carbocycles. The molecule has 1 N–H and O–H groups in total. The van der Waals surface area contributed by atoms with Crippen LogP contribution in [0.1, 0.15) is 63.3 Å². The summed E-state index contributed by atoms with van der Waals surface area (Å²) in [4.78, 5) is 30.6. The molecule has 6 nitrogen and oxygen atoms in total. The number of aromatic nitrogens is 1. The molecule has 0 fully saturated rings. The number of anilines is 1. The van der Waals surface area contributed by atoms with Crippen LogP contribution in [0.15, 0.2) is 11.1 Å². The second-order valence-electron chi connectivity index (χ2n) is 7.28. The van der Waals surface area contributed by atoms with E-state index in [1.807, 2.05) is 19.9 Å². The Morgan fingerprint density at radius 3 is 2.80 bits per heavy atom. The molecule has 2 heterocycles. The van der Waals surface area contributed by atoms with Crippen LogP contribution in [0, 0.1) is 25.2 Å². The molecule has 0 aliphatic heterocycles. The molecule has 1 aliphatic rings. The number of thioether (sulfide) groups is 1. The Balaban J connectivity index is 1.69. The van der Waals surface area contributed by atoms with Crippen molar-refractivity contribution in [3.8, 4) is 6.07 Å². The molecule has 30 heavy (non-hydrogen) atoms. The van der Waals surface area contributed by atoms with Crippen molar-refractivity contribution in [1.29, 1.82) is 5.26 Å². The number of esters is 1. The number of nitrogens with zero attached hydrogens (tertiary/aromatic N) is 2. The lowest BCUT2D eigenvalue weighted by molar-refractivity contribution is -0.115. The molecule has 0 bridgehead atoms. The van der Waals surface area contributed by atoms with Crippen LogP contribution in [0.2, 0.25) is 0 Å². The zero-order valence-electron chi connectivity index (χ0n) is 17.5. The van der Waals surface area contributed by atoms with E-state index in [1.54, 1.807) is 0 Å². The summed E-state index contributed by atoms with van der Waals surface area (Å²) in [6.45, 7) is 3.78. The Morgan fingerprint density at radius 1 is 1.30 bits per heavy atom. The average Bonchev–Trinajstić information content (AvgIpc) is 2.87. The minimum atomic E-state index is -0.392. The van der Waals surface area contributed by atoms with Crippen LogP contribution in [-0.2, 0) is 22.4 Å². The predicted molar refractivity (Wildman–Crippen MR) is 119 cm³/mol. The highest BCUT2D eigenvalue weighted by Gasteiger charge is 2.26. The first-order valence-corrected chi connectivity index (χ1v) is 11.8. The predicted octanol–water partition coefficient (Wildman–Crippen LogP) is 4.81. The van der Waals surface area contributed by atoms with Gasteiger partial charge in [-0.15, -0.1) is 23.1 Å². The van der Waals surface area contributed by atoms with Gasteiger partial charge in [0.25, 0.3) is 0 Å². The van der Waals surface area contributed by atoms with Gasteiger partial charge in [-0.25, -0.2) is 9.78 Å². The number of carbonyl (C=O) groups is 2. The minimum absolute atomic E-state index is 0.160. The lowest BCUT2D eigenvalue weighted by Gasteiger charge is -2.09. The second-order valence-corrected chi connectivity index (χ2v) is 9.47. The first-order valence-electron chi connectivity index (χ1n) is 9.98. The van der Waals surface area contributed by atoms with Crippen molar-refractivity contribution in [3.63, 3.8) is 0 Å². The molecule has 2 aromatic heterocycles. The van der Waals surface area contributed by atoms with E-state index in [4.69, 9.17) is 4.74 Å². The van der Waals surface area contributed by atoms with Crippen molar-refractivity contribution >= 4 is 40.0 Å². The third-order valence-electron chi connectivity index (χ3n) is 5.05. The number of aryl methyl sites for hydroxylation is 3. The van der Waals surface area contributed by atoms with E-state index >= 15 is 0 Å². The molecule has 2 aromatic rings. The maximum Gasteiger partial charge on any atom is 0.341 e. The number of ether oxygens (including phenoxy) is 1. The summed E-state index contributed by atoms with van der Waals surface area (Å²) >= 11 is 2.89. The zero-order chi connectivity index (χ0) is 21.7. The fourth-order valence-electron chi connectivity index (χ4n) is 3.62. The van der Waals surface area contributed by atoms with E-state index in [0.29, 0.717) is 26.9 Å². The summed E-state index contributed by atoms with van der Waals surface area (Å²) in [5.41, 5.74) is 3.84. The Kier molecular flexibility index (Phi) is 7.51. The number of nitrogens with one attached hydrogen (secondary N) is 1. The number of methoxy groups -OCH3 is 1. The SMILES string of the molecule is COC(=O)c1c(NC(=O)CCSc2nc(C)cc(C)c2C#N)sc2c1CCCCC2. The van der Waals surface area contributed by atoms with Gasteiger partial charge in [0.05, 0.1) is 18.2 Å². The zero-order valence-corrected chi connectivity index (χ0v) is 19.1. The Bertz CT molecular complexity index is 1010. The van der Waals surface area contributed by atoms with Gasteiger partial charge in [-0.2, -0.15) is 5.26 Å². The molecule has 0 saturated heterocycles. The Labute approximate surface area is 185 Å². The number of carbonyl (C=O) groups excluding carboxylic acids is 2. The normalized spacial score (nSPS) is 13.1. The number of nitriles is 1. The van der Waals surface area contributed by atoms with Gasteiger partial charge in [0, 0.05) is 22.7 Å². The van der Waals surface area contributed by atoms with Crippen LogP contribution in [0.25, 0.3) is 0 Å². The standard InChI is InChI=1S/C22H25N3O3S2/c1-13-11-14(2)24-20(16(13)12-23)29-10-9-18(26)25-21-19(22(27)28-3)15-7-5-4-6-8-17(15)30-21/h11H,4-10H2,1-3H3,(H,25,26). The van der Waals surface area contributed by atoms with Crippen LogP contribution < -0.4 is 5.32 Å². The molecule has 1 amide bonds. The summed E-state index contributed by atoms with van der Waals surface area (Å²) in [7, 11) is 1.37. The van der Waals surface area contributed by atoms with Gasteiger partial charge >= 0.3 is 5.97 Å². The van der Waals surface area contributed by atoms with Crippen molar-refractivity contribution in [2.75, 3.05) is 18.2 Å². The van der Waals surface area contributed by atoms with E-state index in [0.717, 1.165) is 48.9 Å². The van der Waals surface area contributed by atoms with Gasteiger partial charge in [-0.05, 0) is 56.7 Å². The van der Waals surface area contributed by atoms with Crippen LogP contribution in [-0.4, -0.2) is 29.7 Å². The van der Waals surface area contributed by atoms with Gasteiger partial charge in [0.2, 0.25) is 5.91 Å². The van der Waals surface area contributed by atoms with Gasteiger partial charge in [-0.3, -0.25) is 4.79 Å². The summed E-state index contributed by atoms with van der Waals surface area (Å²) < 4.78 is 4.98. The van der Waals surface area contributed by atoms with E-state index in [9.17, 15) is 14.9 Å². The molecule has 0 aromatic carbocycles. The van der Waals surface area contributed by atoms with Crippen molar-refractivity contribution in [1.82, 2.24) is 4.98 Å². The van der Waals surface area contributed by atoms with Crippen molar-refractivity contribution in [2.45, 2.75) is 57.4 Å². The number of hydrogen-bond acceptors (Lipinski definition) is 7.